The molecule has 8 nitrogen and oxygen atoms in total. The molecule has 0 unspecified atom stereocenters. The Balaban J connectivity index is 1.75. The lowest BCUT2D eigenvalue weighted by molar-refractivity contribution is 0.0429. The number of aryl methyl sites for hydroxylation is 1. The summed E-state index contributed by atoms with van der Waals surface area (Å²) in [5, 5.41) is 3.90. The van der Waals surface area contributed by atoms with Crippen molar-refractivity contribution in [1.82, 2.24) is 14.4 Å². The van der Waals surface area contributed by atoms with E-state index in [9.17, 15) is 13.2 Å². The third-order valence-corrected chi connectivity index (χ3v) is 6.40. The van der Waals surface area contributed by atoms with Crippen molar-refractivity contribution in [2.24, 2.45) is 0 Å². The lowest BCUT2D eigenvalue weighted by Crippen LogP contribution is -2.23. The quantitative estimate of drug-likeness (QED) is 0.547. The van der Waals surface area contributed by atoms with E-state index in [4.69, 9.17) is 20.9 Å². The average Bonchev–Trinajstić information content (AvgIpc) is 3.15. The molecular weight excluding hydrogens is 418 g/mol. The largest absolute Gasteiger partial charge is 0.452 e. The van der Waals surface area contributed by atoms with Gasteiger partial charge in [0, 0.05) is 19.7 Å². The highest BCUT2D eigenvalue weighted by molar-refractivity contribution is 7.89. The van der Waals surface area contributed by atoms with Crippen molar-refractivity contribution < 1.29 is 22.5 Å². The van der Waals surface area contributed by atoms with E-state index in [-0.39, 0.29) is 28.0 Å². The molecule has 1 aromatic heterocycles. The van der Waals surface area contributed by atoms with Gasteiger partial charge in [-0.15, -0.1) is 0 Å². The first-order chi connectivity index (χ1) is 13.7. The average molecular weight is 436 g/mol. The second-order valence-corrected chi connectivity index (χ2v) is 8.86. The molecule has 29 heavy (non-hydrogen) atoms. The van der Waals surface area contributed by atoms with Crippen molar-refractivity contribution in [3.63, 3.8) is 0 Å². The summed E-state index contributed by atoms with van der Waals surface area (Å²) in [6, 6.07) is 11.4. The summed E-state index contributed by atoms with van der Waals surface area (Å²) in [6.07, 6.45) is 0. The van der Waals surface area contributed by atoms with Crippen molar-refractivity contribution in [1.29, 1.82) is 0 Å². The topological polar surface area (TPSA) is 103 Å². The first kappa shape index (κ1) is 21.0. The van der Waals surface area contributed by atoms with Crippen LogP contribution in [0.4, 0.5) is 0 Å². The van der Waals surface area contributed by atoms with E-state index in [0.717, 1.165) is 15.4 Å². The highest BCUT2D eigenvalue weighted by Crippen LogP contribution is 2.25. The van der Waals surface area contributed by atoms with Gasteiger partial charge in [-0.1, -0.05) is 41.0 Å². The van der Waals surface area contributed by atoms with Crippen LogP contribution in [-0.4, -0.2) is 42.9 Å². The molecule has 3 aromatic rings. The maximum atomic E-state index is 12.3. The second-order valence-electron chi connectivity index (χ2n) is 6.34. The van der Waals surface area contributed by atoms with Gasteiger partial charge >= 0.3 is 5.97 Å². The van der Waals surface area contributed by atoms with Crippen LogP contribution in [0, 0.1) is 6.92 Å². The van der Waals surface area contributed by atoms with Gasteiger partial charge in [0.05, 0.1) is 10.6 Å². The predicted octanol–water partition coefficient (Wildman–Crippen LogP) is 3.31. The van der Waals surface area contributed by atoms with Crippen LogP contribution in [0.3, 0.4) is 0 Å². The zero-order valence-corrected chi connectivity index (χ0v) is 17.5. The zero-order valence-electron chi connectivity index (χ0n) is 15.9. The molecular formula is C19H18ClN3O5S. The SMILES string of the molecule is Cc1ccccc1-c1noc(COC(=O)c2ccc(Cl)c(S(=O)(=O)N(C)C)c2)n1. The number of esters is 1. The monoisotopic (exact) mass is 435 g/mol. The molecule has 0 aliphatic carbocycles. The van der Waals surface area contributed by atoms with Crippen LogP contribution in [0.25, 0.3) is 11.4 Å². The van der Waals surface area contributed by atoms with Gasteiger partial charge in [-0.2, -0.15) is 4.98 Å². The molecule has 2 aromatic carbocycles. The molecule has 0 bridgehead atoms. The van der Waals surface area contributed by atoms with Crippen LogP contribution in [0.5, 0.6) is 0 Å². The summed E-state index contributed by atoms with van der Waals surface area (Å²) in [4.78, 5) is 16.4. The highest BCUT2D eigenvalue weighted by Gasteiger charge is 2.23. The third kappa shape index (κ3) is 4.47. The lowest BCUT2D eigenvalue weighted by Gasteiger charge is -2.13. The molecule has 3 rings (SSSR count). The lowest BCUT2D eigenvalue weighted by atomic mass is 10.1. The number of carbonyl (C=O) groups excluding carboxylic acids is 1. The van der Waals surface area contributed by atoms with Gasteiger partial charge in [-0.05, 0) is 30.7 Å². The standard InChI is InChI=1S/C19H18ClN3O5S/c1-12-6-4-5-7-14(12)18-21-17(28-22-18)11-27-19(24)13-8-9-15(20)16(10-13)29(25,26)23(2)3/h4-10H,11H2,1-3H3. The second kappa shape index (κ2) is 8.32. The van der Waals surface area contributed by atoms with Gasteiger partial charge < -0.3 is 9.26 Å². The number of nitrogens with zero attached hydrogens (tertiary/aromatic N) is 3. The van der Waals surface area contributed by atoms with Crippen molar-refractivity contribution in [3.05, 3.63) is 64.5 Å². The molecule has 0 saturated heterocycles. The normalized spacial score (nSPS) is 11.6. The summed E-state index contributed by atoms with van der Waals surface area (Å²) in [7, 11) is -1.06. The molecule has 0 fully saturated rings. The number of carbonyl (C=O) groups is 1. The van der Waals surface area contributed by atoms with Crippen LogP contribution in [0.1, 0.15) is 21.8 Å². The van der Waals surface area contributed by atoms with Crippen LogP contribution in [0.2, 0.25) is 5.02 Å². The zero-order chi connectivity index (χ0) is 21.2. The summed E-state index contributed by atoms with van der Waals surface area (Å²) < 4.78 is 36.0. The van der Waals surface area contributed by atoms with E-state index in [2.05, 4.69) is 10.1 Å². The number of halogens is 1. The van der Waals surface area contributed by atoms with E-state index < -0.39 is 16.0 Å². The fourth-order valence-electron chi connectivity index (χ4n) is 2.48. The van der Waals surface area contributed by atoms with Gasteiger partial charge in [0.2, 0.25) is 15.8 Å². The Morgan fingerprint density at radius 1 is 1.21 bits per heavy atom. The highest BCUT2D eigenvalue weighted by atomic mass is 35.5. The van der Waals surface area contributed by atoms with Gasteiger partial charge in [-0.3, -0.25) is 0 Å². The molecule has 0 spiro atoms. The molecule has 0 aliphatic heterocycles. The minimum atomic E-state index is -3.81. The number of hydrogen-bond acceptors (Lipinski definition) is 7. The fourth-order valence-corrected chi connectivity index (χ4v) is 3.88. The van der Waals surface area contributed by atoms with Gasteiger partial charge in [0.15, 0.2) is 6.61 Å². The summed E-state index contributed by atoms with van der Waals surface area (Å²) in [5.74, 6) is -0.237. The molecule has 0 amide bonds. The molecule has 0 atom stereocenters. The Morgan fingerprint density at radius 2 is 1.93 bits per heavy atom. The molecule has 0 radical (unpaired) electrons. The smallest absolute Gasteiger partial charge is 0.338 e. The Labute approximate surface area is 173 Å². The first-order valence-corrected chi connectivity index (χ1v) is 10.3. The minimum Gasteiger partial charge on any atom is -0.452 e. The summed E-state index contributed by atoms with van der Waals surface area (Å²) >= 11 is 5.98. The molecule has 0 N–H and O–H groups in total. The van der Waals surface area contributed by atoms with Crippen LogP contribution >= 0.6 is 11.6 Å². The van der Waals surface area contributed by atoms with Crippen LogP contribution < -0.4 is 0 Å². The first-order valence-electron chi connectivity index (χ1n) is 8.48. The Morgan fingerprint density at radius 3 is 2.62 bits per heavy atom. The fraction of sp³-hybridized carbons (Fsp3) is 0.211. The van der Waals surface area contributed by atoms with Crippen molar-refractivity contribution >= 4 is 27.6 Å². The van der Waals surface area contributed by atoms with E-state index >= 15 is 0 Å². The van der Waals surface area contributed by atoms with E-state index in [0.29, 0.717) is 5.82 Å². The van der Waals surface area contributed by atoms with Crippen molar-refractivity contribution in [2.75, 3.05) is 14.1 Å². The molecule has 152 valence electrons. The molecule has 0 aliphatic rings. The summed E-state index contributed by atoms with van der Waals surface area (Å²) in [6.45, 7) is 1.67. The number of hydrogen-bond donors (Lipinski definition) is 0. The molecule has 1 heterocycles. The van der Waals surface area contributed by atoms with E-state index in [1.807, 2.05) is 31.2 Å². The number of rotatable bonds is 6. The number of aromatic nitrogens is 2. The number of sulfonamides is 1. The third-order valence-electron chi connectivity index (χ3n) is 4.11. The number of ether oxygens (including phenoxy) is 1. The van der Waals surface area contributed by atoms with Crippen LogP contribution in [-0.2, 0) is 21.4 Å². The molecule has 10 heteroatoms. The Bertz CT molecular complexity index is 1160. The van der Waals surface area contributed by atoms with E-state index in [1.165, 1.54) is 32.3 Å². The van der Waals surface area contributed by atoms with Crippen molar-refractivity contribution in [3.8, 4) is 11.4 Å². The molecule has 0 saturated carbocycles. The van der Waals surface area contributed by atoms with Gasteiger partial charge in [0.25, 0.3) is 5.89 Å². The maximum Gasteiger partial charge on any atom is 0.338 e. The minimum absolute atomic E-state index is 0.00928. The summed E-state index contributed by atoms with van der Waals surface area (Å²) in [5.41, 5.74) is 1.83. The number of benzene rings is 2. The van der Waals surface area contributed by atoms with Gasteiger partial charge in [0.1, 0.15) is 4.90 Å². The van der Waals surface area contributed by atoms with E-state index in [1.54, 1.807) is 0 Å². The maximum absolute atomic E-state index is 12.3. The Kier molecular flexibility index (Phi) is 6.02. The van der Waals surface area contributed by atoms with Crippen LogP contribution in [0.15, 0.2) is 51.9 Å². The van der Waals surface area contributed by atoms with Gasteiger partial charge in [-0.25, -0.2) is 17.5 Å². The van der Waals surface area contributed by atoms with Crippen molar-refractivity contribution in [2.45, 2.75) is 18.4 Å². The Hall–Kier alpha value is -2.75. The predicted molar refractivity (Wildman–Crippen MR) is 106 cm³/mol.